The van der Waals surface area contributed by atoms with Crippen LogP contribution < -0.4 is 37.9 Å². The van der Waals surface area contributed by atoms with Gasteiger partial charge in [-0.25, -0.2) is 0 Å². The van der Waals surface area contributed by atoms with Gasteiger partial charge in [-0.05, 0) is 243 Å². The van der Waals surface area contributed by atoms with E-state index < -0.39 is 46.5 Å². The molecule has 0 radical (unpaired) electrons. The second-order valence-corrected chi connectivity index (χ2v) is 29.2. The van der Waals surface area contributed by atoms with E-state index in [1.165, 1.54) is 203 Å². The summed E-state index contributed by atoms with van der Waals surface area (Å²) in [6.07, 6.45) is 39.4. The molecule has 6 saturated carbocycles. The second-order valence-electron chi connectivity index (χ2n) is 29.2. The van der Waals surface area contributed by atoms with E-state index in [4.69, 9.17) is 37.9 Å². The summed E-state index contributed by atoms with van der Waals surface area (Å²) < 4.78 is 153. The van der Waals surface area contributed by atoms with Gasteiger partial charge < -0.3 is 37.9 Å². The van der Waals surface area contributed by atoms with Crippen molar-refractivity contribution in [1.82, 2.24) is 0 Å². The molecule has 0 spiro atoms. The Morgan fingerprint density at radius 1 is 0.245 bits per heavy atom. The van der Waals surface area contributed by atoms with E-state index in [9.17, 15) is 35.1 Å². The van der Waals surface area contributed by atoms with E-state index >= 15 is 0 Å². The van der Waals surface area contributed by atoms with Gasteiger partial charge in [-0.3, -0.25) is 0 Å². The molecule has 0 N–H and O–H groups in total. The van der Waals surface area contributed by atoms with Gasteiger partial charge >= 0.3 is 0 Å². The zero-order chi connectivity index (χ0) is 70.3. The van der Waals surface area contributed by atoms with Crippen molar-refractivity contribution >= 4 is 0 Å². The normalized spacial score (nSPS) is 25.6. The van der Waals surface area contributed by atoms with Gasteiger partial charge in [-0.2, -0.15) is 35.1 Å². The fourth-order valence-electron chi connectivity index (χ4n) is 16.6. The van der Waals surface area contributed by atoms with Crippen LogP contribution in [0.15, 0.2) is 48.5 Å². The molecule has 552 valence electrons. The van der Waals surface area contributed by atoms with Crippen LogP contribution in [0.3, 0.4) is 0 Å². The maximum atomic E-state index is 14.2. The van der Waals surface area contributed by atoms with Crippen molar-refractivity contribution in [3.05, 3.63) is 95.1 Å². The molecular formula is C82H120F8O8. The molecule has 4 aromatic carbocycles. The van der Waals surface area contributed by atoms with Crippen molar-refractivity contribution in [2.24, 2.45) is 71.0 Å². The molecule has 6 aliphatic rings. The van der Waals surface area contributed by atoms with E-state index in [0.717, 1.165) is 98.7 Å². The molecule has 0 aromatic heterocycles. The van der Waals surface area contributed by atoms with Crippen molar-refractivity contribution in [2.45, 2.75) is 248 Å². The SMILES string of the molecule is CCCC1CCC(C2CCC(COc3ccc(OCC)c(F)c3F)CC2)CC1.CCCC1CCC(COc2ccc(OC)c(F)c2F)CC1.CCCC1CCC(COc2ccc(OCC)c(F)c2F)CC1.CCOc1ccc(OCC2CCC(C3CCC(CC)CC3)CC2)c(F)c1F. The summed E-state index contributed by atoms with van der Waals surface area (Å²) in [6, 6.07) is 11.5. The number of rotatable bonds is 28. The van der Waals surface area contributed by atoms with Gasteiger partial charge in [-0.1, -0.05) is 124 Å². The molecule has 0 unspecified atom stereocenters. The first-order valence-corrected chi connectivity index (χ1v) is 38.4. The Morgan fingerprint density at radius 3 is 0.643 bits per heavy atom. The quantitative estimate of drug-likeness (QED) is 0.0521. The molecule has 16 heteroatoms. The minimum Gasteiger partial charge on any atom is -0.494 e. The molecule has 98 heavy (non-hydrogen) atoms. The summed E-state index contributed by atoms with van der Waals surface area (Å²) in [5, 5.41) is 0. The lowest BCUT2D eigenvalue weighted by atomic mass is 9.69. The first-order chi connectivity index (χ1) is 47.5. The minimum atomic E-state index is -0.985. The number of benzene rings is 4. The van der Waals surface area contributed by atoms with Gasteiger partial charge in [-0.15, -0.1) is 0 Å². The van der Waals surface area contributed by atoms with Crippen molar-refractivity contribution in [3.63, 3.8) is 0 Å². The minimum absolute atomic E-state index is 0.00248. The van der Waals surface area contributed by atoms with Crippen molar-refractivity contribution in [1.29, 1.82) is 0 Å². The molecule has 0 aliphatic heterocycles. The molecular weight excluding hydrogens is 1260 g/mol. The smallest absolute Gasteiger partial charge is 0.204 e. The van der Waals surface area contributed by atoms with Crippen molar-refractivity contribution in [3.8, 4) is 46.0 Å². The Bertz CT molecular complexity index is 2880. The first kappa shape index (κ1) is 80.0. The molecule has 0 bridgehead atoms. The average molecular weight is 1390 g/mol. The van der Waals surface area contributed by atoms with Crippen LogP contribution in [0.5, 0.6) is 46.0 Å². The molecule has 6 aliphatic carbocycles. The van der Waals surface area contributed by atoms with Gasteiger partial charge in [0.05, 0.1) is 53.4 Å². The third kappa shape index (κ3) is 24.5. The summed E-state index contributed by atoms with van der Waals surface area (Å²) >= 11 is 0. The van der Waals surface area contributed by atoms with Crippen LogP contribution in [-0.4, -0.2) is 53.4 Å². The number of hydrogen-bond acceptors (Lipinski definition) is 8. The summed E-state index contributed by atoms with van der Waals surface area (Å²) in [6.45, 7) is 17.0. The maximum absolute atomic E-state index is 14.2. The topological polar surface area (TPSA) is 73.8 Å². The highest BCUT2D eigenvalue weighted by Gasteiger charge is 2.34. The molecule has 0 atom stereocenters. The standard InChI is InChI=1S/C24H36F2O2.C23H34F2O2.C18H26F2O2.C17H24F2O2/c1-3-5-17-6-10-19(11-7-17)20-12-8-18(9-13-20)16-28-22-15-14-21(27-4-2)23(25)24(22)26;1-3-16-5-9-18(10-6-16)19-11-7-17(8-12-19)15-27-21-14-13-20(26-4-2)22(24)23(21)25;1-3-5-13-6-8-14(9-7-13)12-22-16-11-10-15(21-4-2)17(19)18(16)20;1-3-4-12-5-7-13(8-6-12)11-21-15-10-9-14(20-2)16(18)17(15)19/h14-15,17-20H,3-13,16H2,1-2H3;13-14,16-19H,3-12,15H2,1-2H3;10-11,13-14H,3-9,12H2,1-2H3;9-10,12-13H,3-8,11H2,1-2H3. The van der Waals surface area contributed by atoms with E-state index in [1.807, 2.05) is 0 Å². The van der Waals surface area contributed by atoms with Crippen LogP contribution in [0.4, 0.5) is 35.1 Å². The van der Waals surface area contributed by atoms with Gasteiger partial charge in [0.25, 0.3) is 0 Å². The van der Waals surface area contributed by atoms with Gasteiger partial charge in [0.2, 0.25) is 46.5 Å². The largest absolute Gasteiger partial charge is 0.494 e. The Kier molecular flexibility index (Phi) is 35.0. The first-order valence-electron chi connectivity index (χ1n) is 38.4. The van der Waals surface area contributed by atoms with Crippen molar-refractivity contribution < 1.29 is 73.0 Å². The molecule has 10 rings (SSSR count). The van der Waals surface area contributed by atoms with Crippen LogP contribution in [0.1, 0.15) is 248 Å². The Morgan fingerprint density at radius 2 is 0.429 bits per heavy atom. The van der Waals surface area contributed by atoms with Gasteiger partial charge in [0, 0.05) is 0 Å². The molecule has 0 saturated heterocycles. The van der Waals surface area contributed by atoms with E-state index in [-0.39, 0.29) is 46.0 Å². The fraction of sp³-hybridized carbons (Fsp3) is 0.707. The molecule has 8 nitrogen and oxygen atoms in total. The molecule has 0 amide bonds. The van der Waals surface area contributed by atoms with Crippen molar-refractivity contribution in [2.75, 3.05) is 53.4 Å². The zero-order valence-electron chi connectivity index (χ0n) is 60.7. The second kappa shape index (κ2) is 42.9. The summed E-state index contributed by atoms with van der Waals surface area (Å²) in [5.41, 5.74) is 0. The third-order valence-corrected chi connectivity index (χ3v) is 22.6. The van der Waals surface area contributed by atoms with E-state index in [0.29, 0.717) is 69.9 Å². The monoisotopic (exact) mass is 1380 g/mol. The Balaban J connectivity index is 0.000000185. The highest BCUT2D eigenvalue weighted by Crippen LogP contribution is 2.45. The van der Waals surface area contributed by atoms with Gasteiger partial charge in [0.15, 0.2) is 46.0 Å². The fourth-order valence-corrected chi connectivity index (χ4v) is 16.6. The van der Waals surface area contributed by atoms with Crippen LogP contribution >= 0.6 is 0 Å². The predicted molar refractivity (Wildman–Crippen MR) is 375 cm³/mol. The number of methoxy groups -OCH3 is 1. The van der Waals surface area contributed by atoms with Crippen LogP contribution in [0.25, 0.3) is 0 Å². The Labute approximate surface area is 583 Å². The summed E-state index contributed by atoms with van der Waals surface area (Å²) in [5.74, 6) is 0.933. The lowest BCUT2D eigenvalue weighted by molar-refractivity contribution is 0.120. The number of hydrogen-bond donors (Lipinski definition) is 0. The number of ether oxygens (including phenoxy) is 8. The molecule has 6 fully saturated rings. The maximum Gasteiger partial charge on any atom is 0.204 e. The predicted octanol–water partition coefficient (Wildman–Crippen LogP) is 24.2. The lowest BCUT2D eigenvalue weighted by Gasteiger charge is -2.37. The average Bonchev–Trinajstić information content (AvgIpc) is 0.876. The molecule has 0 heterocycles. The number of halogens is 8. The van der Waals surface area contributed by atoms with Gasteiger partial charge in [0.1, 0.15) is 0 Å². The highest BCUT2D eigenvalue weighted by atomic mass is 19.2. The van der Waals surface area contributed by atoms with Crippen LogP contribution in [-0.2, 0) is 0 Å². The third-order valence-electron chi connectivity index (χ3n) is 22.6. The van der Waals surface area contributed by atoms with E-state index in [1.54, 1.807) is 20.8 Å². The highest BCUT2D eigenvalue weighted by molar-refractivity contribution is 5.37. The molecule has 4 aromatic rings. The zero-order valence-corrected chi connectivity index (χ0v) is 60.7. The van der Waals surface area contributed by atoms with Crippen LogP contribution in [0, 0.1) is 118 Å². The van der Waals surface area contributed by atoms with E-state index in [2.05, 4.69) is 27.7 Å². The summed E-state index contributed by atoms with van der Waals surface area (Å²) in [7, 11) is 1.31. The van der Waals surface area contributed by atoms with Crippen LogP contribution in [0.2, 0.25) is 0 Å². The summed E-state index contributed by atoms with van der Waals surface area (Å²) in [4.78, 5) is 0. The lowest BCUT2D eigenvalue weighted by Crippen LogP contribution is -2.27. The Hall–Kier alpha value is -5.28.